The lowest BCUT2D eigenvalue weighted by atomic mass is 10.0. The minimum atomic E-state index is -1.25. The van der Waals surface area contributed by atoms with Gasteiger partial charge < -0.3 is 27.2 Å². The fourth-order valence-corrected chi connectivity index (χ4v) is 2.89. The van der Waals surface area contributed by atoms with Crippen molar-refractivity contribution in [1.29, 1.82) is 0 Å². The SMILES string of the molecule is CC(C)C[C@H](NC(=O)CCCCC(C(=O)O)N(C)C)C(=O)N[C@@H](CC(N)=O)C(N)=O. The van der Waals surface area contributed by atoms with E-state index in [2.05, 4.69) is 10.6 Å². The van der Waals surface area contributed by atoms with E-state index in [1.807, 2.05) is 13.8 Å². The maximum Gasteiger partial charge on any atom is 0.320 e. The second kappa shape index (κ2) is 13.5. The van der Waals surface area contributed by atoms with Crippen LogP contribution < -0.4 is 22.1 Å². The highest BCUT2D eigenvalue weighted by Gasteiger charge is 2.27. The molecule has 4 amide bonds. The quantitative estimate of drug-likeness (QED) is 0.205. The molecule has 0 aliphatic rings. The fraction of sp³-hybridized carbons (Fsp3) is 0.737. The van der Waals surface area contributed by atoms with Crippen molar-refractivity contribution in [2.45, 2.75) is 70.5 Å². The fourth-order valence-electron chi connectivity index (χ4n) is 2.89. The molecule has 0 spiro atoms. The zero-order valence-electron chi connectivity index (χ0n) is 18.1. The van der Waals surface area contributed by atoms with Gasteiger partial charge in [-0.15, -0.1) is 0 Å². The molecule has 172 valence electrons. The number of amides is 4. The zero-order valence-corrected chi connectivity index (χ0v) is 18.1. The predicted molar refractivity (Wildman–Crippen MR) is 110 cm³/mol. The van der Waals surface area contributed by atoms with Crippen molar-refractivity contribution < 1.29 is 29.1 Å². The first kappa shape index (κ1) is 27.3. The van der Waals surface area contributed by atoms with Gasteiger partial charge in [0.25, 0.3) is 0 Å². The topological polar surface area (TPSA) is 185 Å². The van der Waals surface area contributed by atoms with Gasteiger partial charge in [0.2, 0.25) is 23.6 Å². The van der Waals surface area contributed by atoms with E-state index < -0.39 is 48.2 Å². The molecule has 0 aliphatic carbocycles. The van der Waals surface area contributed by atoms with Crippen LogP contribution in [0.15, 0.2) is 0 Å². The molecule has 0 saturated carbocycles. The molecule has 7 N–H and O–H groups in total. The highest BCUT2D eigenvalue weighted by molar-refractivity contribution is 5.93. The largest absolute Gasteiger partial charge is 0.480 e. The first-order chi connectivity index (χ1) is 13.8. The summed E-state index contributed by atoms with van der Waals surface area (Å²) in [6, 6.07) is -2.77. The van der Waals surface area contributed by atoms with Gasteiger partial charge in [-0.25, -0.2) is 0 Å². The molecule has 0 fully saturated rings. The number of primary amides is 2. The second-order valence-corrected chi connectivity index (χ2v) is 7.95. The number of nitrogens with two attached hydrogens (primary N) is 2. The van der Waals surface area contributed by atoms with Gasteiger partial charge >= 0.3 is 5.97 Å². The third-order valence-electron chi connectivity index (χ3n) is 4.46. The van der Waals surface area contributed by atoms with Gasteiger partial charge in [-0.2, -0.15) is 0 Å². The van der Waals surface area contributed by atoms with Crippen LogP contribution in [0.25, 0.3) is 0 Å². The maximum atomic E-state index is 12.5. The molecular weight excluding hydrogens is 394 g/mol. The molecule has 0 saturated heterocycles. The van der Waals surface area contributed by atoms with Crippen molar-refractivity contribution in [3.63, 3.8) is 0 Å². The lowest BCUT2D eigenvalue weighted by Crippen LogP contribution is -2.54. The normalized spacial score (nSPS) is 14.1. The zero-order chi connectivity index (χ0) is 23.4. The van der Waals surface area contributed by atoms with E-state index in [-0.39, 0.29) is 18.2 Å². The number of carbonyl (C=O) groups is 5. The van der Waals surface area contributed by atoms with Crippen LogP contribution in [0, 0.1) is 5.92 Å². The van der Waals surface area contributed by atoms with Gasteiger partial charge in [0.05, 0.1) is 6.42 Å². The van der Waals surface area contributed by atoms with Crippen LogP contribution in [-0.2, 0) is 24.0 Å². The number of nitrogens with one attached hydrogen (secondary N) is 2. The van der Waals surface area contributed by atoms with E-state index in [9.17, 15) is 24.0 Å². The molecule has 3 atom stereocenters. The van der Waals surface area contributed by atoms with Crippen molar-refractivity contribution in [3.8, 4) is 0 Å². The molecule has 11 heteroatoms. The minimum Gasteiger partial charge on any atom is -0.480 e. The Kier molecular flexibility index (Phi) is 12.3. The lowest BCUT2D eigenvalue weighted by Gasteiger charge is -2.23. The van der Waals surface area contributed by atoms with Crippen LogP contribution in [-0.4, -0.2) is 71.8 Å². The van der Waals surface area contributed by atoms with E-state index in [1.165, 1.54) is 0 Å². The Hall–Kier alpha value is -2.69. The minimum absolute atomic E-state index is 0.0700. The summed E-state index contributed by atoms with van der Waals surface area (Å²) in [6.45, 7) is 3.74. The average Bonchev–Trinajstić information content (AvgIpc) is 2.58. The number of rotatable bonds is 15. The van der Waals surface area contributed by atoms with Gasteiger partial charge in [0, 0.05) is 6.42 Å². The number of carbonyl (C=O) groups excluding carboxylic acids is 4. The van der Waals surface area contributed by atoms with Gasteiger partial charge in [-0.3, -0.25) is 28.9 Å². The molecule has 0 rings (SSSR count). The molecule has 0 bridgehead atoms. The Morgan fingerprint density at radius 2 is 1.57 bits per heavy atom. The Morgan fingerprint density at radius 3 is 2.00 bits per heavy atom. The Morgan fingerprint density at radius 1 is 0.967 bits per heavy atom. The third kappa shape index (κ3) is 11.3. The van der Waals surface area contributed by atoms with Crippen molar-refractivity contribution in [3.05, 3.63) is 0 Å². The molecule has 0 radical (unpaired) electrons. The van der Waals surface area contributed by atoms with Crippen LogP contribution in [0.2, 0.25) is 0 Å². The number of hydrogen-bond donors (Lipinski definition) is 5. The summed E-state index contributed by atoms with van der Waals surface area (Å²) in [6.07, 6.45) is 1.42. The van der Waals surface area contributed by atoms with Gasteiger partial charge in [-0.05, 0) is 39.3 Å². The summed E-state index contributed by atoms with van der Waals surface area (Å²) in [7, 11) is 3.36. The highest BCUT2D eigenvalue weighted by atomic mass is 16.4. The standard InChI is InChI=1S/C19H35N5O6/c1-11(2)9-13(18(28)23-12(17(21)27)10-15(20)25)22-16(26)8-6-5-7-14(19(29)30)24(3)4/h11-14H,5-10H2,1-4H3,(H2,20,25)(H2,21,27)(H,22,26)(H,23,28)(H,29,30)/t12-,13-,14?/m0/s1. The number of aliphatic carboxylic acids is 1. The summed E-state index contributed by atoms with van der Waals surface area (Å²) in [5.41, 5.74) is 10.3. The molecule has 1 unspecified atom stereocenters. The molecule has 0 aromatic rings. The second-order valence-electron chi connectivity index (χ2n) is 7.95. The summed E-state index contributed by atoms with van der Waals surface area (Å²) >= 11 is 0. The predicted octanol–water partition coefficient (Wildman–Crippen LogP) is -1.06. The molecule has 0 aliphatic heterocycles. The number of likely N-dealkylation sites (N-methyl/N-ethyl adjacent to an activating group) is 1. The average molecular weight is 430 g/mol. The van der Waals surface area contributed by atoms with Crippen molar-refractivity contribution in [2.24, 2.45) is 17.4 Å². The molecule has 0 aromatic heterocycles. The number of carboxylic acids is 1. The summed E-state index contributed by atoms with van der Waals surface area (Å²) in [4.78, 5) is 60.0. The molecule has 11 nitrogen and oxygen atoms in total. The number of nitrogens with zero attached hydrogens (tertiary/aromatic N) is 1. The van der Waals surface area contributed by atoms with Crippen LogP contribution >= 0.6 is 0 Å². The number of hydrogen-bond acceptors (Lipinski definition) is 6. The summed E-state index contributed by atoms with van der Waals surface area (Å²) < 4.78 is 0. The van der Waals surface area contributed by atoms with Crippen molar-refractivity contribution >= 4 is 29.6 Å². The lowest BCUT2D eigenvalue weighted by molar-refractivity contribution is -0.142. The van der Waals surface area contributed by atoms with Crippen LogP contribution in [0.3, 0.4) is 0 Å². The monoisotopic (exact) mass is 429 g/mol. The van der Waals surface area contributed by atoms with Crippen molar-refractivity contribution in [1.82, 2.24) is 15.5 Å². The van der Waals surface area contributed by atoms with Crippen LogP contribution in [0.4, 0.5) is 0 Å². The van der Waals surface area contributed by atoms with Crippen LogP contribution in [0.5, 0.6) is 0 Å². The molecule has 0 aromatic carbocycles. The summed E-state index contributed by atoms with van der Waals surface area (Å²) in [5.74, 6) is -3.52. The van der Waals surface area contributed by atoms with Gasteiger partial charge in [0.1, 0.15) is 18.1 Å². The van der Waals surface area contributed by atoms with Gasteiger partial charge in [0.15, 0.2) is 0 Å². The van der Waals surface area contributed by atoms with Crippen LogP contribution in [0.1, 0.15) is 52.4 Å². The first-order valence-corrected chi connectivity index (χ1v) is 9.91. The van der Waals surface area contributed by atoms with E-state index in [1.54, 1.807) is 19.0 Å². The van der Waals surface area contributed by atoms with E-state index in [0.717, 1.165) is 0 Å². The summed E-state index contributed by atoms with van der Waals surface area (Å²) in [5, 5.41) is 14.2. The number of unbranched alkanes of at least 4 members (excludes halogenated alkanes) is 1. The third-order valence-corrected chi connectivity index (χ3v) is 4.46. The number of carboxylic acid groups (broad SMARTS) is 1. The molecule has 0 heterocycles. The molecule has 30 heavy (non-hydrogen) atoms. The van der Waals surface area contributed by atoms with Gasteiger partial charge in [-0.1, -0.05) is 20.3 Å². The van der Waals surface area contributed by atoms with Crippen molar-refractivity contribution in [2.75, 3.05) is 14.1 Å². The molecular formula is C19H35N5O6. The first-order valence-electron chi connectivity index (χ1n) is 9.91. The Balaban J connectivity index is 4.78. The maximum absolute atomic E-state index is 12.5. The van der Waals surface area contributed by atoms with E-state index in [0.29, 0.717) is 25.7 Å². The highest BCUT2D eigenvalue weighted by Crippen LogP contribution is 2.10. The van der Waals surface area contributed by atoms with E-state index >= 15 is 0 Å². The smallest absolute Gasteiger partial charge is 0.320 e. The Bertz CT molecular complexity index is 623. The Labute approximate surface area is 176 Å². The van der Waals surface area contributed by atoms with E-state index in [4.69, 9.17) is 16.6 Å².